The van der Waals surface area contributed by atoms with E-state index in [1.54, 1.807) is 18.2 Å². The van der Waals surface area contributed by atoms with Gasteiger partial charge in [0.05, 0.1) is 10.5 Å². The average Bonchev–Trinajstić information content (AvgIpc) is 2.41. The number of carboxylic acid groups (broad SMARTS) is 1. The summed E-state index contributed by atoms with van der Waals surface area (Å²) in [5, 5.41) is 21.6. The van der Waals surface area contributed by atoms with Gasteiger partial charge in [0.1, 0.15) is 0 Å². The molecule has 0 spiro atoms. The second-order valence-corrected chi connectivity index (χ2v) is 3.88. The van der Waals surface area contributed by atoms with Gasteiger partial charge in [-0.2, -0.15) is 0 Å². The minimum absolute atomic E-state index is 0.0738. The van der Waals surface area contributed by atoms with Crippen LogP contribution in [0.5, 0.6) is 0 Å². The van der Waals surface area contributed by atoms with Crippen LogP contribution < -0.4 is 5.32 Å². The number of carbonyl (C=O) groups excluding carboxylic acids is 1. The number of ether oxygens (including phenoxy) is 1. The number of carbonyl (C=O) groups is 2. The molecule has 0 fully saturated rings. The fourth-order valence-electron chi connectivity index (χ4n) is 1.42. The molecule has 0 bridgehead atoms. The molecule has 1 amide bonds. The summed E-state index contributed by atoms with van der Waals surface area (Å²) in [5.74, 6) is -0.979. The normalized spacial score (nSPS) is 11.4. The number of alkyl carbamates (subject to hydrolysis) is 1. The van der Waals surface area contributed by atoms with Crippen molar-refractivity contribution in [3.63, 3.8) is 0 Å². The summed E-state index contributed by atoms with van der Waals surface area (Å²) in [6.45, 7) is 0.0738. The van der Waals surface area contributed by atoms with E-state index in [1.165, 1.54) is 12.1 Å². The monoisotopic (exact) mass is 282 g/mol. The van der Waals surface area contributed by atoms with Gasteiger partial charge in [-0.05, 0) is 18.6 Å². The summed E-state index contributed by atoms with van der Waals surface area (Å²) in [7, 11) is 0. The number of nitrogens with zero attached hydrogens (tertiary/aromatic N) is 1. The number of benzene rings is 1. The Morgan fingerprint density at radius 1 is 1.35 bits per heavy atom. The number of rotatable bonds is 7. The van der Waals surface area contributed by atoms with E-state index in [2.05, 4.69) is 5.32 Å². The molecule has 0 saturated heterocycles. The minimum atomic E-state index is -1.59. The van der Waals surface area contributed by atoms with Gasteiger partial charge in [0.2, 0.25) is 0 Å². The van der Waals surface area contributed by atoms with Gasteiger partial charge in [0.15, 0.2) is 0 Å². The molecule has 8 nitrogen and oxygen atoms in total. The molecule has 2 N–H and O–H groups in total. The van der Waals surface area contributed by atoms with E-state index in [1.807, 2.05) is 0 Å². The quantitative estimate of drug-likeness (QED) is 0.339. The van der Waals surface area contributed by atoms with Gasteiger partial charge < -0.3 is 15.2 Å². The molecule has 20 heavy (non-hydrogen) atoms. The van der Waals surface area contributed by atoms with E-state index in [0.29, 0.717) is 0 Å². The highest BCUT2D eigenvalue weighted by atomic mass is 16.7. The van der Waals surface area contributed by atoms with Gasteiger partial charge >= 0.3 is 18.3 Å². The molecule has 1 aromatic rings. The first kappa shape index (κ1) is 15.4. The maximum absolute atomic E-state index is 11.4. The molecule has 0 aromatic heterocycles. The fourth-order valence-corrected chi connectivity index (χ4v) is 1.42. The van der Waals surface area contributed by atoms with E-state index in [4.69, 9.17) is 9.84 Å². The molecule has 0 aliphatic rings. The predicted octanol–water partition coefficient (Wildman–Crippen LogP) is 1.55. The smallest absolute Gasteiger partial charge is 0.412 e. The topological polar surface area (TPSA) is 119 Å². The lowest BCUT2D eigenvalue weighted by atomic mass is 10.2. The Labute approximate surface area is 114 Å². The predicted molar refractivity (Wildman–Crippen MR) is 67.5 cm³/mol. The second kappa shape index (κ2) is 7.72. The van der Waals surface area contributed by atoms with Crippen molar-refractivity contribution in [2.45, 2.75) is 19.1 Å². The molecule has 8 heteroatoms. The van der Waals surface area contributed by atoms with Crippen LogP contribution in [-0.4, -0.2) is 28.6 Å². The molecule has 1 unspecified atom stereocenters. The molecule has 1 rings (SSSR count). The molecular formula is C12H14N2O6. The van der Waals surface area contributed by atoms with E-state index >= 15 is 0 Å². The van der Waals surface area contributed by atoms with Crippen molar-refractivity contribution in [1.82, 2.24) is 5.32 Å². The van der Waals surface area contributed by atoms with Crippen LogP contribution >= 0.6 is 0 Å². The van der Waals surface area contributed by atoms with Crippen molar-refractivity contribution in [1.29, 1.82) is 0 Å². The van der Waals surface area contributed by atoms with E-state index < -0.39 is 23.2 Å². The third-order valence-corrected chi connectivity index (χ3v) is 2.33. The largest absolute Gasteiger partial charge is 0.481 e. The third-order valence-electron chi connectivity index (χ3n) is 2.33. The zero-order chi connectivity index (χ0) is 15.0. The number of carboxylic acids is 1. The first-order valence-electron chi connectivity index (χ1n) is 5.85. The summed E-state index contributed by atoms with van der Waals surface area (Å²) in [6, 6.07) is 7.84. The number of amides is 1. The number of hydrogen-bond acceptors (Lipinski definition) is 5. The van der Waals surface area contributed by atoms with Crippen LogP contribution in [0, 0.1) is 10.1 Å². The van der Waals surface area contributed by atoms with E-state index in [-0.39, 0.29) is 24.9 Å². The lowest BCUT2D eigenvalue weighted by Gasteiger charge is -2.11. The number of nitro groups is 1. The summed E-state index contributed by atoms with van der Waals surface area (Å²) >= 11 is 0. The van der Waals surface area contributed by atoms with E-state index in [9.17, 15) is 19.7 Å². The summed E-state index contributed by atoms with van der Waals surface area (Å²) < 4.78 is 4.71. The van der Waals surface area contributed by atoms with Crippen molar-refractivity contribution in [3.8, 4) is 0 Å². The second-order valence-electron chi connectivity index (χ2n) is 3.88. The molecule has 0 radical (unpaired) electrons. The van der Waals surface area contributed by atoms with Crippen molar-refractivity contribution in [3.05, 3.63) is 46.0 Å². The van der Waals surface area contributed by atoms with Crippen LogP contribution in [0.2, 0.25) is 0 Å². The van der Waals surface area contributed by atoms with Crippen LogP contribution in [0.1, 0.15) is 24.6 Å². The molecule has 0 saturated carbocycles. The lowest BCUT2D eigenvalue weighted by Crippen LogP contribution is -2.29. The van der Waals surface area contributed by atoms with Gasteiger partial charge in [-0.3, -0.25) is 14.9 Å². The van der Waals surface area contributed by atoms with Gasteiger partial charge in [-0.25, -0.2) is 4.79 Å². The number of nitrogens with one attached hydrogen (secondary N) is 1. The van der Waals surface area contributed by atoms with Gasteiger partial charge in [0.25, 0.3) is 0 Å². The lowest BCUT2D eigenvalue weighted by molar-refractivity contribution is -0.575. The van der Waals surface area contributed by atoms with Crippen LogP contribution in [0.4, 0.5) is 4.79 Å². The Morgan fingerprint density at radius 2 is 2.00 bits per heavy atom. The van der Waals surface area contributed by atoms with Crippen LogP contribution in [0.15, 0.2) is 30.3 Å². The third kappa shape index (κ3) is 5.34. The Morgan fingerprint density at radius 3 is 2.55 bits per heavy atom. The highest BCUT2D eigenvalue weighted by molar-refractivity contribution is 5.68. The molecule has 0 heterocycles. The van der Waals surface area contributed by atoms with Gasteiger partial charge in [0, 0.05) is 13.0 Å². The molecular weight excluding hydrogens is 268 g/mol. The standard InChI is InChI=1S/C12H14N2O6/c15-10(16)7-4-8-13-12(17)20-11(14(18)19)9-5-2-1-3-6-9/h1-3,5-6,11H,4,7-8H2,(H,13,17)(H,15,16). The highest BCUT2D eigenvalue weighted by Gasteiger charge is 2.26. The zero-order valence-corrected chi connectivity index (χ0v) is 10.5. The Balaban J connectivity index is 2.48. The Hall–Kier alpha value is -2.64. The molecule has 0 aliphatic heterocycles. The first-order valence-corrected chi connectivity index (χ1v) is 5.85. The van der Waals surface area contributed by atoms with Crippen molar-refractivity contribution < 1.29 is 24.4 Å². The van der Waals surface area contributed by atoms with Crippen molar-refractivity contribution in [2.24, 2.45) is 0 Å². The highest BCUT2D eigenvalue weighted by Crippen LogP contribution is 2.17. The maximum Gasteiger partial charge on any atom is 0.412 e. The van der Waals surface area contributed by atoms with Gasteiger partial charge in [-0.15, -0.1) is 0 Å². The number of aliphatic carboxylic acids is 1. The van der Waals surface area contributed by atoms with Gasteiger partial charge in [-0.1, -0.05) is 18.2 Å². The maximum atomic E-state index is 11.4. The average molecular weight is 282 g/mol. The zero-order valence-electron chi connectivity index (χ0n) is 10.5. The molecule has 0 aliphatic carbocycles. The summed E-state index contributed by atoms with van der Waals surface area (Å²) in [4.78, 5) is 31.8. The first-order chi connectivity index (χ1) is 9.50. The Bertz CT molecular complexity index is 476. The van der Waals surface area contributed by atoms with E-state index in [0.717, 1.165) is 0 Å². The summed E-state index contributed by atoms with van der Waals surface area (Å²) in [5.41, 5.74) is 0.248. The van der Waals surface area contributed by atoms with Crippen molar-refractivity contribution >= 4 is 12.1 Å². The SMILES string of the molecule is O=C(O)CCCNC(=O)OC(c1ccccc1)[N+](=O)[O-]. The van der Waals surface area contributed by atoms with Crippen LogP contribution in [0.25, 0.3) is 0 Å². The molecule has 1 aromatic carbocycles. The van der Waals surface area contributed by atoms with Crippen LogP contribution in [0.3, 0.4) is 0 Å². The van der Waals surface area contributed by atoms with Crippen molar-refractivity contribution in [2.75, 3.05) is 6.54 Å². The number of hydrogen-bond donors (Lipinski definition) is 2. The van der Waals surface area contributed by atoms with Crippen LogP contribution in [-0.2, 0) is 9.53 Å². The summed E-state index contributed by atoms with van der Waals surface area (Å²) in [6.07, 6.45) is -2.42. The molecule has 1 atom stereocenters. The molecule has 108 valence electrons. The fraction of sp³-hybridized carbons (Fsp3) is 0.333. The Kier molecular flexibility index (Phi) is 5.95. The minimum Gasteiger partial charge on any atom is -0.481 e.